The first-order valence-electron chi connectivity index (χ1n) is 5.07. The highest BCUT2D eigenvalue weighted by Gasteiger charge is 2.30. The zero-order valence-electron chi connectivity index (χ0n) is 9.00. The lowest BCUT2D eigenvalue weighted by Crippen LogP contribution is -2.58. The predicted molar refractivity (Wildman–Crippen MR) is 61.3 cm³/mol. The summed E-state index contributed by atoms with van der Waals surface area (Å²) in [5, 5.41) is 11.8. The summed E-state index contributed by atoms with van der Waals surface area (Å²) in [6, 6.07) is 3.70. The van der Waals surface area contributed by atoms with Crippen LogP contribution in [0, 0.1) is 0 Å². The molecule has 1 aliphatic rings. The fourth-order valence-electron chi connectivity index (χ4n) is 1.86. The van der Waals surface area contributed by atoms with Gasteiger partial charge in [0.1, 0.15) is 0 Å². The molecule has 1 N–H and O–H groups in total. The van der Waals surface area contributed by atoms with Gasteiger partial charge in [-0.1, -0.05) is 11.6 Å². The van der Waals surface area contributed by atoms with Gasteiger partial charge in [0.05, 0.1) is 0 Å². The maximum absolute atomic E-state index is 5.72. The van der Waals surface area contributed by atoms with Crippen molar-refractivity contribution >= 4 is 17.4 Å². The van der Waals surface area contributed by atoms with Crippen molar-refractivity contribution < 1.29 is 0 Å². The van der Waals surface area contributed by atoms with Crippen molar-refractivity contribution in [2.24, 2.45) is 0 Å². The number of nitrogens with zero attached hydrogens (tertiary/aromatic N) is 3. The van der Waals surface area contributed by atoms with E-state index in [2.05, 4.69) is 34.3 Å². The van der Waals surface area contributed by atoms with Crippen LogP contribution in [-0.2, 0) is 0 Å². The molecule has 0 atom stereocenters. The molecule has 0 aromatic carbocycles. The highest BCUT2D eigenvalue weighted by atomic mass is 35.5. The Bertz CT molecular complexity index is 336. The van der Waals surface area contributed by atoms with Crippen LogP contribution in [0.4, 0.5) is 5.82 Å². The molecule has 1 aromatic rings. The minimum absolute atomic E-state index is 0.0702. The predicted octanol–water partition coefficient (Wildman–Crippen LogP) is 1.32. The number of anilines is 1. The van der Waals surface area contributed by atoms with Gasteiger partial charge in [0.25, 0.3) is 0 Å². The Morgan fingerprint density at radius 3 is 2.80 bits per heavy atom. The van der Waals surface area contributed by atoms with Crippen molar-refractivity contribution in [2.75, 3.05) is 24.5 Å². The topological polar surface area (TPSA) is 41.0 Å². The molecule has 4 nitrogen and oxygen atoms in total. The van der Waals surface area contributed by atoms with Crippen molar-refractivity contribution in [1.82, 2.24) is 15.5 Å². The van der Waals surface area contributed by atoms with E-state index in [0.29, 0.717) is 5.15 Å². The lowest BCUT2D eigenvalue weighted by atomic mass is 10.0. The number of hydrogen-bond donors (Lipinski definition) is 1. The van der Waals surface area contributed by atoms with Gasteiger partial charge in [-0.2, -0.15) is 0 Å². The molecule has 0 saturated carbocycles. The van der Waals surface area contributed by atoms with E-state index in [9.17, 15) is 0 Å². The summed E-state index contributed by atoms with van der Waals surface area (Å²) < 4.78 is 0. The summed E-state index contributed by atoms with van der Waals surface area (Å²) in [7, 11) is 0. The minimum Gasteiger partial charge on any atom is -0.347 e. The second-order valence-electron chi connectivity index (χ2n) is 4.36. The van der Waals surface area contributed by atoms with Crippen LogP contribution < -0.4 is 10.2 Å². The van der Waals surface area contributed by atoms with Crippen molar-refractivity contribution in [1.29, 1.82) is 0 Å². The van der Waals surface area contributed by atoms with Gasteiger partial charge in [-0.3, -0.25) is 0 Å². The standard InChI is InChI=1S/C10H15ClN4/c1-10(2)7-12-5-6-15(10)9-4-3-8(11)13-14-9/h3-4,12H,5-7H2,1-2H3. The van der Waals surface area contributed by atoms with Crippen LogP contribution in [0.2, 0.25) is 5.15 Å². The van der Waals surface area contributed by atoms with E-state index in [1.165, 1.54) is 0 Å². The van der Waals surface area contributed by atoms with Crippen molar-refractivity contribution in [3.05, 3.63) is 17.3 Å². The van der Waals surface area contributed by atoms with Gasteiger partial charge in [0, 0.05) is 25.2 Å². The summed E-state index contributed by atoms with van der Waals surface area (Å²) in [5.74, 6) is 0.894. The molecule has 1 aromatic heterocycles. The average Bonchev–Trinajstić information content (AvgIpc) is 2.19. The molecule has 0 aliphatic carbocycles. The fourth-order valence-corrected chi connectivity index (χ4v) is 1.96. The Morgan fingerprint density at radius 1 is 1.40 bits per heavy atom. The Kier molecular flexibility index (Phi) is 2.80. The number of nitrogens with one attached hydrogen (secondary N) is 1. The van der Waals surface area contributed by atoms with Crippen molar-refractivity contribution in [3.63, 3.8) is 0 Å². The first-order valence-corrected chi connectivity index (χ1v) is 5.45. The molecule has 0 radical (unpaired) electrons. The minimum atomic E-state index is 0.0702. The first-order chi connectivity index (χ1) is 7.09. The van der Waals surface area contributed by atoms with Crippen LogP contribution in [0.5, 0.6) is 0 Å². The van der Waals surface area contributed by atoms with Gasteiger partial charge in [-0.15, -0.1) is 10.2 Å². The van der Waals surface area contributed by atoms with Gasteiger partial charge < -0.3 is 10.2 Å². The summed E-state index contributed by atoms with van der Waals surface area (Å²) >= 11 is 5.72. The number of rotatable bonds is 1. The number of piperazine rings is 1. The van der Waals surface area contributed by atoms with Gasteiger partial charge >= 0.3 is 0 Å². The van der Waals surface area contributed by atoms with Crippen molar-refractivity contribution in [3.8, 4) is 0 Å². The van der Waals surface area contributed by atoms with Gasteiger partial charge in [0.2, 0.25) is 0 Å². The van der Waals surface area contributed by atoms with Crippen LogP contribution in [-0.4, -0.2) is 35.4 Å². The lowest BCUT2D eigenvalue weighted by molar-refractivity contribution is 0.377. The average molecular weight is 227 g/mol. The van der Waals surface area contributed by atoms with E-state index >= 15 is 0 Å². The Labute approximate surface area is 94.6 Å². The van der Waals surface area contributed by atoms with E-state index in [1.807, 2.05) is 6.07 Å². The van der Waals surface area contributed by atoms with E-state index in [1.54, 1.807) is 6.07 Å². The van der Waals surface area contributed by atoms with E-state index < -0.39 is 0 Å². The summed E-state index contributed by atoms with van der Waals surface area (Å²) in [6.45, 7) is 7.26. The van der Waals surface area contributed by atoms with Crippen LogP contribution in [0.25, 0.3) is 0 Å². The zero-order chi connectivity index (χ0) is 10.9. The molecule has 5 heteroatoms. The summed E-state index contributed by atoms with van der Waals surface area (Å²) in [6.07, 6.45) is 0. The third kappa shape index (κ3) is 2.21. The van der Waals surface area contributed by atoms with Crippen LogP contribution >= 0.6 is 11.6 Å². The fraction of sp³-hybridized carbons (Fsp3) is 0.600. The Balaban J connectivity index is 2.25. The normalized spacial score (nSPS) is 20.3. The Hall–Kier alpha value is -0.870. The van der Waals surface area contributed by atoms with Gasteiger partial charge in [-0.25, -0.2) is 0 Å². The third-order valence-electron chi connectivity index (χ3n) is 2.69. The smallest absolute Gasteiger partial charge is 0.151 e. The molecule has 0 bridgehead atoms. The number of aromatic nitrogens is 2. The Morgan fingerprint density at radius 2 is 2.20 bits per heavy atom. The molecule has 0 amide bonds. The van der Waals surface area contributed by atoms with Crippen LogP contribution in [0.3, 0.4) is 0 Å². The van der Waals surface area contributed by atoms with E-state index in [-0.39, 0.29) is 5.54 Å². The van der Waals surface area contributed by atoms with Gasteiger partial charge in [0.15, 0.2) is 11.0 Å². The second kappa shape index (κ2) is 3.94. The molecule has 0 spiro atoms. The molecule has 2 heterocycles. The molecular formula is C10H15ClN4. The van der Waals surface area contributed by atoms with E-state index in [4.69, 9.17) is 11.6 Å². The molecule has 15 heavy (non-hydrogen) atoms. The van der Waals surface area contributed by atoms with E-state index in [0.717, 1.165) is 25.5 Å². The first kappa shape index (κ1) is 10.6. The molecular weight excluding hydrogens is 212 g/mol. The maximum Gasteiger partial charge on any atom is 0.151 e. The largest absolute Gasteiger partial charge is 0.347 e. The highest BCUT2D eigenvalue weighted by molar-refractivity contribution is 6.29. The molecule has 82 valence electrons. The second-order valence-corrected chi connectivity index (χ2v) is 4.74. The third-order valence-corrected chi connectivity index (χ3v) is 2.90. The zero-order valence-corrected chi connectivity index (χ0v) is 9.75. The molecule has 0 unspecified atom stereocenters. The number of hydrogen-bond acceptors (Lipinski definition) is 4. The quantitative estimate of drug-likeness (QED) is 0.784. The summed E-state index contributed by atoms with van der Waals surface area (Å²) in [5.41, 5.74) is 0.0702. The molecule has 1 saturated heterocycles. The monoisotopic (exact) mass is 226 g/mol. The van der Waals surface area contributed by atoms with Gasteiger partial charge in [-0.05, 0) is 26.0 Å². The van der Waals surface area contributed by atoms with Crippen LogP contribution in [0.1, 0.15) is 13.8 Å². The summed E-state index contributed by atoms with van der Waals surface area (Å²) in [4.78, 5) is 2.26. The number of halogens is 1. The molecule has 1 aliphatic heterocycles. The van der Waals surface area contributed by atoms with Crippen molar-refractivity contribution in [2.45, 2.75) is 19.4 Å². The maximum atomic E-state index is 5.72. The lowest BCUT2D eigenvalue weighted by Gasteiger charge is -2.43. The SMILES string of the molecule is CC1(C)CNCCN1c1ccc(Cl)nn1. The highest BCUT2D eigenvalue weighted by Crippen LogP contribution is 2.23. The van der Waals surface area contributed by atoms with Crippen LogP contribution in [0.15, 0.2) is 12.1 Å². The molecule has 2 rings (SSSR count). The molecule has 1 fully saturated rings.